The number of phenolic OH excluding ortho intramolecular Hbond substituents is 1. The van der Waals surface area contributed by atoms with Crippen LogP contribution in [0.1, 0.15) is 10.4 Å². The quantitative estimate of drug-likeness (QED) is 0.629. The molecule has 1 aromatic carbocycles. The second-order valence-electron chi connectivity index (χ2n) is 2.80. The van der Waals surface area contributed by atoms with E-state index in [4.69, 9.17) is 0 Å². The molecule has 0 unspecified atom stereocenters. The Balaban J connectivity index is 2.88. The number of aldehydes is 1. The number of carbonyl (C=O) groups is 1. The molecule has 0 bridgehead atoms. The number of carbonyl (C=O) groups excluding carboxylic acids is 1. The van der Waals surface area contributed by atoms with Crippen molar-refractivity contribution < 1.29 is 9.90 Å². The minimum atomic E-state index is 0.246. The molecule has 0 saturated carbocycles. The molecule has 72 valence electrons. The van der Waals surface area contributed by atoms with E-state index in [1.807, 2.05) is 12.3 Å². The fourth-order valence-corrected chi connectivity index (χ4v) is 3.03. The Morgan fingerprint density at radius 3 is 2.93 bits per heavy atom. The van der Waals surface area contributed by atoms with E-state index in [2.05, 4.69) is 0 Å². The average Bonchev–Trinajstić information content (AvgIpc) is 2.63. The van der Waals surface area contributed by atoms with E-state index in [9.17, 15) is 9.90 Å². The fraction of sp³-hybridized carbons (Fsp3) is 0.100. The smallest absolute Gasteiger partial charge is 0.151 e. The average molecular weight is 224 g/mol. The van der Waals surface area contributed by atoms with Crippen molar-refractivity contribution in [1.82, 2.24) is 0 Å². The van der Waals surface area contributed by atoms with E-state index < -0.39 is 0 Å². The van der Waals surface area contributed by atoms with Crippen LogP contribution < -0.4 is 0 Å². The summed E-state index contributed by atoms with van der Waals surface area (Å²) in [6.45, 7) is 0. The van der Waals surface area contributed by atoms with Crippen molar-refractivity contribution in [2.24, 2.45) is 0 Å². The van der Waals surface area contributed by atoms with Gasteiger partial charge in [-0.3, -0.25) is 4.79 Å². The first-order valence-electron chi connectivity index (χ1n) is 4.00. The molecule has 0 aliphatic carbocycles. The Hall–Kier alpha value is -1.00. The summed E-state index contributed by atoms with van der Waals surface area (Å²) in [6.07, 6.45) is 2.79. The van der Waals surface area contributed by atoms with E-state index >= 15 is 0 Å². The highest BCUT2D eigenvalue weighted by Gasteiger charge is 2.10. The molecule has 0 atom stereocenters. The van der Waals surface area contributed by atoms with Gasteiger partial charge in [0.15, 0.2) is 6.29 Å². The van der Waals surface area contributed by atoms with Crippen molar-refractivity contribution in [3.05, 3.63) is 23.1 Å². The molecule has 0 saturated heterocycles. The predicted octanol–water partition coefficient (Wildman–Crippen LogP) is 3.14. The number of phenols is 1. The lowest BCUT2D eigenvalue weighted by molar-refractivity contribution is 0.112. The summed E-state index contributed by atoms with van der Waals surface area (Å²) in [5.74, 6) is 0.246. The van der Waals surface area contributed by atoms with Crippen molar-refractivity contribution in [3.63, 3.8) is 0 Å². The third-order valence-electron chi connectivity index (χ3n) is 2.04. The Bertz CT molecular complexity index is 488. The molecule has 0 spiro atoms. The van der Waals surface area contributed by atoms with Crippen LogP contribution in [-0.4, -0.2) is 17.6 Å². The van der Waals surface area contributed by atoms with Crippen LogP contribution in [0.3, 0.4) is 0 Å². The Kier molecular flexibility index (Phi) is 2.48. The first-order chi connectivity index (χ1) is 6.77. The third kappa shape index (κ3) is 1.31. The SMILES string of the molecule is CSc1ccc(O)c2scc(C=O)c12. The van der Waals surface area contributed by atoms with Crippen molar-refractivity contribution in [3.8, 4) is 5.75 Å². The van der Waals surface area contributed by atoms with Gasteiger partial charge in [-0.25, -0.2) is 0 Å². The van der Waals surface area contributed by atoms with Crippen LogP contribution in [0.4, 0.5) is 0 Å². The van der Waals surface area contributed by atoms with Crippen molar-refractivity contribution in [2.45, 2.75) is 4.90 Å². The summed E-state index contributed by atoms with van der Waals surface area (Å²) in [4.78, 5) is 11.8. The largest absolute Gasteiger partial charge is 0.506 e. The second kappa shape index (κ2) is 3.63. The summed E-state index contributed by atoms with van der Waals surface area (Å²) in [5, 5.41) is 12.2. The standard InChI is InChI=1S/C10H8O2S2/c1-13-8-3-2-7(12)10-9(8)6(4-11)5-14-10/h2-5,12H,1H3. The number of aromatic hydroxyl groups is 1. The summed E-state index contributed by atoms with van der Waals surface area (Å²) in [6, 6.07) is 3.50. The molecule has 2 nitrogen and oxygen atoms in total. The number of thiophene rings is 1. The van der Waals surface area contributed by atoms with E-state index in [0.717, 1.165) is 21.3 Å². The van der Waals surface area contributed by atoms with Gasteiger partial charge in [-0.2, -0.15) is 0 Å². The maximum Gasteiger partial charge on any atom is 0.151 e. The number of thioether (sulfide) groups is 1. The maximum atomic E-state index is 10.8. The molecular formula is C10H8O2S2. The third-order valence-corrected chi connectivity index (χ3v) is 3.84. The first-order valence-corrected chi connectivity index (χ1v) is 6.10. The summed E-state index contributed by atoms with van der Waals surface area (Å²) in [7, 11) is 0. The van der Waals surface area contributed by atoms with Crippen molar-refractivity contribution in [2.75, 3.05) is 6.26 Å². The zero-order chi connectivity index (χ0) is 10.1. The Labute approximate surface area is 89.6 Å². The summed E-state index contributed by atoms with van der Waals surface area (Å²) < 4.78 is 0.791. The molecule has 0 amide bonds. The normalized spacial score (nSPS) is 10.6. The number of rotatable bonds is 2. The van der Waals surface area contributed by atoms with Crippen molar-refractivity contribution in [1.29, 1.82) is 0 Å². The van der Waals surface area contributed by atoms with E-state index in [0.29, 0.717) is 5.56 Å². The molecule has 1 heterocycles. The summed E-state index contributed by atoms with van der Waals surface area (Å²) in [5.41, 5.74) is 0.658. The van der Waals surface area contributed by atoms with Crippen LogP contribution in [0, 0.1) is 0 Å². The zero-order valence-corrected chi connectivity index (χ0v) is 9.11. The van der Waals surface area contributed by atoms with Crippen LogP contribution in [-0.2, 0) is 0 Å². The number of hydrogen-bond acceptors (Lipinski definition) is 4. The van der Waals surface area contributed by atoms with E-state index in [1.54, 1.807) is 23.2 Å². The highest BCUT2D eigenvalue weighted by molar-refractivity contribution is 7.98. The van der Waals surface area contributed by atoms with Gasteiger partial charge >= 0.3 is 0 Å². The van der Waals surface area contributed by atoms with E-state index in [-0.39, 0.29) is 5.75 Å². The predicted molar refractivity (Wildman–Crippen MR) is 60.7 cm³/mol. The Morgan fingerprint density at radius 2 is 2.29 bits per heavy atom. The highest BCUT2D eigenvalue weighted by Crippen LogP contribution is 2.38. The molecule has 0 radical (unpaired) electrons. The van der Waals surface area contributed by atoms with Gasteiger partial charge in [0.05, 0.1) is 4.70 Å². The topological polar surface area (TPSA) is 37.3 Å². The first kappa shape index (κ1) is 9.55. The molecule has 0 aliphatic heterocycles. The van der Waals surface area contributed by atoms with Crippen LogP contribution in [0.25, 0.3) is 10.1 Å². The lowest BCUT2D eigenvalue weighted by Gasteiger charge is -2.01. The van der Waals surface area contributed by atoms with Crippen LogP contribution in [0.2, 0.25) is 0 Å². The molecule has 0 fully saturated rings. The highest BCUT2D eigenvalue weighted by atomic mass is 32.2. The molecule has 2 rings (SSSR count). The minimum Gasteiger partial charge on any atom is -0.506 e. The number of fused-ring (bicyclic) bond motifs is 1. The lowest BCUT2D eigenvalue weighted by Crippen LogP contribution is -1.79. The monoisotopic (exact) mass is 224 g/mol. The molecular weight excluding hydrogens is 216 g/mol. The van der Waals surface area contributed by atoms with Gasteiger partial charge in [0.2, 0.25) is 0 Å². The number of benzene rings is 1. The molecule has 4 heteroatoms. The maximum absolute atomic E-state index is 10.8. The molecule has 1 N–H and O–H groups in total. The van der Waals surface area contributed by atoms with Crippen LogP contribution in [0.5, 0.6) is 5.75 Å². The van der Waals surface area contributed by atoms with Gasteiger partial charge in [0, 0.05) is 21.2 Å². The van der Waals surface area contributed by atoms with E-state index in [1.165, 1.54) is 11.3 Å². The van der Waals surface area contributed by atoms with Gasteiger partial charge < -0.3 is 5.11 Å². The van der Waals surface area contributed by atoms with Crippen LogP contribution >= 0.6 is 23.1 Å². The molecule has 2 aromatic rings. The van der Waals surface area contributed by atoms with Gasteiger partial charge in [0.1, 0.15) is 5.75 Å². The molecule has 1 aromatic heterocycles. The van der Waals surface area contributed by atoms with Crippen molar-refractivity contribution >= 4 is 39.5 Å². The summed E-state index contributed by atoms with van der Waals surface area (Å²) >= 11 is 2.98. The molecule has 14 heavy (non-hydrogen) atoms. The van der Waals surface area contributed by atoms with Crippen LogP contribution in [0.15, 0.2) is 22.4 Å². The Morgan fingerprint density at radius 1 is 1.50 bits per heavy atom. The van der Waals surface area contributed by atoms with Gasteiger partial charge in [-0.1, -0.05) is 0 Å². The minimum absolute atomic E-state index is 0.246. The zero-order valence-electron chi connectivity index (χ0n) is 7.48. The lowest BCUT2D eigenvalue weighted by atomic mass is 10.2. The van der Waals surface area contributed by atoms with Gasteiger partial charge in [-0.15, -0.1) is 23.1 Å². The molecule has 0 aliphatic rings. The fourth-order valence-electron chi connectivity index (χ4n) is 1.38. The van der Waals surface area contributed by atoms with Gasteiger partial charge in [0.25, 0.3) is 0 Å². The second-order valence-corrected chi connectivity index (χ2v) is 4.53. The van der Waals surface area contributed by atoms with Gasteiger partial charge in [-0.05, 0) is 18.4 Å². The number of hydrogen-bond donors (Lipinski definition) is 1.